The van der Waals surface area contributed by atoms with Crippen molar-refractivity contribution < 1.29 is 26.9 Å². The average molecular weight is 404 g/mol. The number of ketones is 1. The van der Waals surface area contributed by atoms with Crippen LogP contribution < -0.4 is 0 Å². The summed E-state index contributed by atoms with van der Waals surface area (Å²) in [7, 11) is -4.37. The highest BCUT2D eigenvalue weighted by Crippen LogP contribution is 2.30. The monoisotopic (exact) mass is 404 g/mol. The van der Waals surface area contributed by atoms with Gasteiger partial charge in [-0.1, -0.05) is 48.0 Å². The van der Waals surface area contributed by atoms with Crippen molar-refractivity contribution >= 4 is 21.9 Å². The number of benzene rings is 2. The Morgan fingerprint density at radius 3 is 1.93 bits per heavy atom. The number of carbonyl (C=O) groups excluding carboxylic acids is 2. The second-order valence-corrected chi connectivity index (χ2v) is 8.75. The summed E-state index contributed by atoms with van der Waals surface area (Å²) in [6, 6.07) is 14.8. The predicted octanol–water partition coefficient (Wildman–Crippen LogP) is 3.53. The Labute approximate surface area is 165 Å². The number of Topliss-reactive ketones (excluding diaryl/α,β-unsaturated/α-hetero) is 1. The van der Waals surface area contributed by atoms with E-state index in [-0.39, 0.29) is 4.90 Å². The van der Waals surface area contributed by atoms with Gasteiger partial charge in [-0.3, -0.25) is 4.79 Å². The molecule has 0 heterocycles. The van der Waals surface area contributed by atoms with Crippen molar-refractivity contribution in [2.45, 2.75) is 50.7 Å². The van der Waals surface area contributed by atoms with Crippen LogP contribution in [0, 0.1) is 6.92 Å². The smallest absolute Gasteiger partial charge is 0.348 e. The summed E-state index contributed by atoms with van der Waals surface area (Å²) in [6.45, 7) is 7.29. The van der Waals surface area contributed by atoms with Crippen molar-refractivity contribution in [2.75, 3.05) is 0 Å². The van der Waals surface area contributed by atoms with Crippen LogP contribution in [0.25, 0.3) is 0 Å². The third-order valence-corrected chi connectivity index (χ3v) is 5.87. The van der Waals surface area contributed by atoms with Gasteiger partial charge in [0.2, 0.25) is 5.60 Å². The first-order chi connectivity index (χ1) is 12.9. The molecule has 0 amide bonds. The Hall–Kier alpha value is -2.51. The van der Waals surface area contributed by atoms with E-state index in [2.05, 4.69) is 0 Å². The van der Waals surface area contributed by atoms with Gasteiger partial charge in [0.25, 0.3) is 10.1 Å². The minimum absolute atomic E-state index is 0.152. The first-order valence-corrected chi connectivity index (χ1v) is 10.1. The SMILES string of the molecule is CC(=O)C(C)(OS(=O)(=O)c1ccc(C)cc1)C(=O)OC(C)(C)c1ccccc1. The number of hydrogen-bond donors (Lipinski definition) is 0. The molecule has 0 aliphatic carbocycles. The van der Waals surface area contributed by atoms with Crippen LogP contribution in [0.4, 0.5) is 0 Å². The number of esters is 1. The Balaban J connectivity index is 2.33. The van der Waals surface area contributed by atoms with Crippen LogP contribution in [0.15, 0.2) is 59.5 Å². The summed E-state index contributed by atoms with van der Waals surface area (Å²) in [4.78, 5) is 24.9. The Morgan fingerprint density at radius 1 is 0.893 bits per heavy atom. The molecule has 0 aromatic heterocycles. The third-order valence-electron chi connectivity index (χ3n) is 4.46. The van der Waals surface area contributed by atoms with Crippen LogP contribution in [0.2, 0.25) is 0 Å². The first kappa shape index (κ1) is 21.8. The second-order valence-electron chi connectivity index (χ2n) is 7.21. The molecule has 6 nitrogen and oxygen atoms in total. The molecule has 1 unspecified atom stereocenters. The van der Waals surface area contributed by atoms with Gasteiger partial charge in [0.05, 0.1) is 4.90 Å². The van der Waals surface area contributed by atoms with E-state index in [1.54, 1.807) is 57.2 Å². The molecule has 1 atom stereocenters. The van der Waals surface area contributed by atoms with E-state index in [1.807, 2.05) is 6.07 Å². The molecule has 28 heavy (non-hydrogen) atoms. The molecule has 2 rings (SSSR count). The maximum Gasteiger partial charge on any atom is 0.348 e. The van der Waals surface area contributed by atoms with Gasteiger partial charge in [0.15, 0.2) is 5.78 Å². The normalized spacial score (nSPS) is 14.2. The van der Waals surface area contributed by atoms with Crippen LogP contribution >= 0.6 is 0 Å². The van der Waals surface area contributed by atoms with Crippen molar-refractivity contribution in [2.24, 2.45) is 0 Å². The van der Waals surface area contributed by atoms with Gasteiger partial charge in [-0.15, -0.1) is 0 Å². The topological polar surface area (TPSA) is 86.7 Å². The van der Waals surface area contributed by atoms with E-state index in [0.29, 0.717) is 5.56 Å². The van der Waals surface area contributed by atoms with Gasteiger partial charge in [-0.05, 0) is 52.3 Å². The van der Waals surface area contributed by atoms with Crippen molar-refractivity contribution in [3.8, 4) is 0 Å². The molecule has 0 N–H and O–H groups in total. The van der Waals surface area contributed by atoms with Crippen LogP contribution in [0.1, 0.15) is 38.8 Å². The van der Waals surface area contributed by atoms with E-state index in [0.717, 1.165) is 19.4 Å². The van der Waals surface area contributed by atoms with E-state index in [9.17, 15) is 18.0 Å². The van der Waals surface area contributed by atoms with Crippen LogP contribution in [-0.2, 0) is 34.2 Å². The molecular formula is C21H24O6S. The molecule has 2 aromatic carbocycles. The van der Waals surface area contributed by atoms with Gasteiger partial charge >= 0.3 is 5.97 Å². The van der Waals surface area contributed by atoms with Crippen LogP contribution in [0.3, 0.4) is 0 Å². The van der Waals surface area contributed by atoms with Crippen LogP contribution in [-0.4, -0.2) is 25.8 Å². The highest BCUT2D eigenvalue weighted by molar-refractivity contribution is 7.86. The second kappa shape index (κ2) is 7.85. The zero-order chi connectivity index (χ0) is 21.2. The largest absolute Gasteiger partial charge is 0.452 e. The highest BCUT2D eigenvalue weighted by atomic mass is 32.2. The summed E-state index contributed by atoms with van der Waals surface area (Å²) < 4.78 is 35.8. The average Bonchev–Trinajstić information content (AvgIpc) is 2.62. The molecule has 7 heteroatoms. The number of aryl methyl sites for hydroxylation is 1. The Morgan fingerprint density at radius 2 is 1.43 bits per heavy atom. The zero-order valence-corrected chi connectivity index (χ0v) is 17.4. The third kappa shape index (κ3) is 4.66. The summed E-state index contributed by atoms with van der Waals surface area (Å²) in [6.07, 6.45) is 0. The lowest BCUT2D eigenvalue weighted by atomic mass is 9.97. The van der Waals surface area contributed by atoms with Gasteiger partial charge in [0, 0.05) is 0 Å². The molecule has 0 bridgehead atoms. The van der Waals surface area contributed by atoms with Gasteiger partial charge < -0.3 is 4.74 Å². The van der Waals surface area contributed by atoms with E-state index in [4.69, 9.17) is 8.92 Å². The molecule has 150 valence electrons. The minimum atomic E-state index is -4.37. The lowest BCUT2D eigenvalue weighted by Crippen LogP contribution is -2.49. The lowest BCUT2D eigenvalue weighted by molar-refractivity contribution is -0.177. The minimum Gasteiger partial charge on any atom is -0.452 e. The number of carbonyl (C=O) groups is 2. The number of ether oxygens (including phenoxy) is 1. The molecule has 0 aliphatic rings. The van der Waals surface area contributed by atoms with Gasteiger partial charge in [-0.25, -0.2) is 8.98 Å². The van der Waals surface area contributed by atoms with E-state index >= 15 is 0 Å². The zero-order valence-electron chi connectivity index (χ0n) is 16.6. The summed E-state index contributed by atoms with van der Waals surface area (Å²) >= 11 is 0. The fraction of sp³-hybridized carbons (Fsp3) is 0.333. The first-order valence-electron chi connectivity index (χ1n) is 8.71. The van der Waals surface area contributed by atoms with Crippen molar-refractivity contribution in [3.05, 3.63) is 65.7 Å². The lowest BCUT2D eigenvalue weighted by Gasteiger charge is -2.31. The molecule has 0 saturated heterocycles. The van der Waals surface area contributed by atoms with Gasteiger partial charge in [-0.2, -0.15) is 8.42 Å². The fourth-order valence-electron chi connectivity index (χ4n) is 2.44. The molecule has 0 spiro atoms. The molecule has 2 aromatic rings. The number of rotatable bonds is 7. The summed E-state index contributed by atoms with van der Waals surface area (Å²) in [5, 5.41) is 0. The quantitative estimate of drug-likeness (QED) is 0.399. The standard InChI is InChI=1S/C21H24O6S/c1-15-11-13-18(14-12-15)28(24,25)27-21(5,16(2)22)19(23)26-20(3,4)17-9-7-6-8-10-17/h6-14H,1-5H3. The molecular weight excluding hydrogens is 380 g/mol. The molecule has 0 radical (unpaired) electrons. The maximum absolute atomic E-state index is 12.8. The highest BCUT2D eigenvalue weighted by Gasteiger charge is 2.48. The summed E-state index contributed by atoms with van der Waals surface area (Å²) in [5.41, 5.74) is -1.85. The van der Waals surface area contributed by atoms with E-state index in [1.165, 1.54) is 12.1 Å². The van der Waals surface area contributed by atoms with Crippen molar-refractivity contribution in [3.63, 3.8) is 0 Å². The molecule has 0 saturated carbocycles. The molecule has 0 fully saturated rings. The van der Waals surface area contributed by atoms with Crippen LogP contribution in [0.5, 0.6) is 0 Å². The maximum atomic E-state index is 12.8. The van der Waals surface area contributed by atoms with Gasteiger partial charge in [0.1, 0.15) is 5.60 Å². The molecule has 0 aliphatic heterocycles. The number of hydrogen-bond acceptors (Lipinski definition) is 6. The van der Waals surface area contributed by atoms with Crippen molar-refractivity contribution in [1.29, 1.82) is 0 Å². The Bertz CT molecular complexity index is 962. The Kier molecular flexibility index (Phi) is 6.11. The summed E-state index contributed by atoms with van der Waals surface area (Å²) in [5.74, 6) is -1.86. The fourth-order valence-corrected chi connectivity index (χ4v) is 3.63. The van der Waals surface area contributed by atoms with E-state index < -0.39 is 33.1 Å². The predicted molar refractivity (Wildman–Crippen MR) is 104 cm³/mol. The van der Waals surface area contributed by atoms with Crippen molar-refractivity contribution in [1.82, 2.24) is 0 Å².